The maximum Gasteiger partial charge on any atom is 0.317 e. The van der Waals surface area contributed by atoms with E-state index in [2.05, 4.69) is 26.5 Å². The first-order valence-corrected chi connectivity index (χ1v) is 8.53. The van der Waals surface area contributed by atoms with Gasteiger partial charge in [0.25, 0.3) is 0 Å². The highest BCUT2D eigenvalue weighted by molar-refractivity contribution is 5.76. The molecule has 2 amide bonds. The summed E-state index contributed by atoms with van der Waals surface area (Å²) in [6.07, 6.45) is 4.63. The van der Waals surface area contributed by atoms with Gasteiger partial charge in [0.15, 0.2) is 0 Å². The van der Waals surface area contributed by atoms with E-state index in [0.717, 1.165) is 29.8 Å². The Morgan fingerprint density at radius 2 is 2.28 bits per heavy atom. The zero-order chi connectivity index (χ0) is 17.8. The third-order valence-electron chi connectivity index (χ3n) is 4.57. The van der Waals surface area contributed by atoms with Gasteiger partial charge in [0.1, 0.15) is 5.82 Å². The van der Waals surface area contributed by atoms with Gasteiger partial charge in [0, 0.05) is 38.3 Å². The fraction of sp³-hybridized carbons (Fsp3) is 0.529. The minimum Gasteiger partial charge on any atom is -0.469 e. The molecule has 25 heavy (non-hydrogen) atoms. The lowest BCUT2D eigenvalue weighted by Crippen LogP contribution is -2.39. The monoisotopic (exact) mass is 345 g/mol. The fourth-order valence-electron chi connectivity index (χ4n) is 3.27. The number of rotatable bonds is 5. The summed E-state index contributed by atoms with van der Waals surface area (Å²) in [7, 11) is 1.34. The van der Waals surface area contributed by atoms with Gasteiger partial charge in [-0.3, -0.25) is 9.78 Å². The van der Waals surface area contributed by atoms with Gasteiger partial charge in [0.05, 0.1) is 30.8 Å². The molecular formula is C17H23N5O3. The van der Waals surface area contributed by atoms with Crippen LogP contribution < -0.4 is 5.32 Å². The molecule has 1 saturated heterocycles. The third kappa shape index (κ3) is 3.57. The number of aryl methyl sites for hydroxylation is 1. The lowest BCUT2D eigenvalue weighted by atomic mass is 10.1. The summed E-state index contributed by atoms with van der Waals surface area (Å²) < 4.78 is 6.74. The van der Waals surface area contributed by atoms with E-state index >= 15 is 0 Å². The van der Waals surface area contributed by atoms with Crippen molar-refractivity contribution in [3.8, 4) is 0 Å². The molecule has 134 valence electrons. The van der Waals surface area contributed by atoms with Crippen LogP contribution in [0.25, 0.3) is 11.0 Å². The van der Waals surface area contributed by atoms with Crippen molar-refractivity contribution in [3.05, 3.63) is 24.3 Å². The number of likely N-dealkylation sites (tertiary alicyclic amines) is 1. The molecule has 0 spiro atoms. The number of hydrogen-bond donors (Lipinski definition) is 1. The molecule has 1 N–H and O–H groups in total. The van der Waals surface area contributed by atoms with E-state index in [1.807, 2.05) is 12.3 Å². The number of esters is 1. The Morgan fingerprint density at radius 3 is 3.04 bits per heavy atom. The van der Waals surface area contributed by atoms with Gasteiger partial charge in [-0.2, -0.15) is 0 Å². The highest BCUT2D eigenvalue weighted by Crippen LogP contribution is 2.29. The van der Waals surface area contributed by atoms with E-state index in [4.69, 9.17) is 4.98 Å². The lowest BCUT2D eigenvalue weighted by Gasteiger charge is -2.17. The summed E-state index contributed by atoms with van der Waals surface area (Å²) >= 11 is 0. The van der Waals surface area contributed by atoms with E-state index in [1.165, 1.54) is 7.11 Å². The molecule has 2 aromatic rings. The fourth-order valence-corrected chi connectivity index (χ4v) is 3.27. The van der Waals surface area contributed by atoms with Gasteiger partial charge < -0.3 is 19.5 Å². The molecule has 1 unspecified atom stereocenters. The largest absolute Gasteiger partial charge is 0.469 e. The molecule has 1 aliphatic heterocycles. The number of imidazole rings is 1. The zero-order valence-corrected chi connectivity index (χ0v) is 14.6. The van der Waals surface area contributed by atoms with Crippen LogP contribution in [0.15, 0.2) is 18.5 Å². The van der Waals surface area contributed by atoms with E-state index in [-0.39, 0.29) is 30.9 Å². The second-order valence-electron chi connectivity index (χ2n) is 6.07. The number of hydrogen-bond acceptors (Lipinski definition) is 5. The van der Waals surface area contributed by atoms with Crippen molar-refractivity contribution in [2.45, 2.75) is 32.2 Å². The molecule has 0 radical (unpaired) electrons. The smallest absolute Gasteiger partial charge is 0.317 e. The molecule has 1 atom stereocenters. The number of pyridine rings is 1. The molecule has 3 heterocycles. The molecule has 3 rings (SSSR count). The number of nitrogens with zero attached hydrogens (tertiary/aromatic N) is 4. The molecule has 0 saturated carbocycles. The number of carbonyl (C=O) groups is 2. The average Bonchev–Trinajstić information content (AvgIpc) is 3.25. The molecule has 2 aromatic heterocycles. The summed E-state index contributed by atoms with van der Waals surface area (Å²) in [5, 5.41) is 2.77. The van der Waals surface area contributed by atoms with Gasteiger partial charge in [-0.15, -0.1) is 0 Å². The quantitative estimate of drug-likeness (QED) is 0.830. The topological polar surface area (TPSA) is 89.4 Å². The SMILES string of the molecule is CCn1c(C2CCN(C(=O)NCCC(=O)OC)C2)nc2ccncc21. The summed E-state index contributed by atoms with van der Waals surface area (Å²) in [6.45, 7) is 4.50. The van der Waals surface area contributed by atoms with Crippen LogP contribution in [0.2, 0.25) is 0 Å². The number of amides is 2. The van der Waals surface area contributed by atoms with Crippen LogP contribution >= 0.6 is 0 Å². The first-order valence-electron chi connectivity index (χ1n) is 8.53. The maximum absolute atomic E-state index is 12.2. The van der Waals surface area contributed by atoms with E-state index < -0.39 is 0 Å². The Bertz CT molecular complexity index is 773. The number of nitrogens with one attached hydrogen (secondary N) is 1. The predicted molar refractivity (Wildman–Crippen MR) is 92.2 cm³/mol. The van der Waals surface area contributed by atoms with Crippen LogP contribution in [0.1, 0.15) is 31.5 Å². The Morgan fingerprint density at radius 1 is 1.44 bits per heavy atom. The van der Waals surface area contributed by atoms with Crippen molar-refractivity contribution >= 4 is 23.0 Å². The number of urea groups is 1. The Hall–Kier alpha value is -2.64. The van der Waals surface area contributed by atoms with Crippen molar-refractivity contribution < 1.29 is 14.3 Å². The Balaban J connectivity index is 1.65. The summed E-state index contributed by atoms with van der Waals surface area (Å²) in [5.74, 6) is 0.888. The van der Waals surface area contributed by atoms with Crippen molar-refractivity contribution in [2.75, 3.05) is 26.7 Å². The van der Waals surface area contributed by atoms with E-state index in [9.17, 15) is 9.59 Å². The van der Waals surface area contributed by atoms with Crippen LogP contribution in [0.5, 0.6) is 0 Å². The van der Waals surface area contributed by atoms with E-state index in [0.29, 0.717) is 13.1 Å². The van der Waals surface area contributed by atoms with Crippen molar-refractivity contribution in [1.82, 2.24) is 24.8 Å². The summed E-state index contributed by atoms with van der Waals surface area (Å²) in [4.78, 5) is 34.1. The number of fused-ring (bicyclic) bond motifs is 1. The summed E-state index contributed by atoms with van der Waals surface area (Å²) in [5.41, 5.74) is 1.97. The van der Waals surface area contributed by atoms with Crippen molar-refractivity contribution in [1.29, 1.82) is 0 Å². The standard InChI is InChI=1S/C17H23N5O3/c1-3-22-14-10-18-7-4-13(14)20-16(22)12-6-9-21(11-12)17(24)19-8-5-15(23)25-2/h4,7,10,12H,3,5-6,8-9,11H2,1-2H3,(H,19,24). The van der Waals surface area contributed by atoms with Gasteiger partial charge in [-0.1, -0.05) is 0 Å². The second-order valence-corrected chi connectivity index (χ2v) is 6.07. The van der Waals surface area contributed by atoms with Crippen molar-refractivity contribution in [2.24, 2.45) is 0 Å². The molecule has 0 bridgehead atoms. The second kappa shape index (κ2) is 7.50. The zero-order valence-electron chi connectivity index (χ0n) is 14.6. The summed E-state index contributed by atoms with van der Waals surface area (Å²) in [6, 6.07) is 1.77. The number of methoxy groups -OCH3 is 1. The number of carbonyl (C=O) groups excluding carboxylic acids is 2. The average molecular weight is 345 g/mol. The highest BCUT2D eigenvalue weighted by atomic mass is 16.5. The molecule has 0 aliphatic carbocycles. The van der Waals surface area contributed by atoms with Gasteiger partial charge in [0.2, 0.25) is 0 Å². The van der Waals surface area contributed by atoms with Crippen LogP contribution in [0.4, 0.5) is 4.79 Å². The third-order valence-corrected chi connectivity index (χ3v) is 4.57. The van der Waals surface area contributed by atoms with Crippen molar-refractivity contribution in [3.63, 3.8) is 0 Å². The molecule has 1 aliphatic rings. The first-order chi connectivity index (χ1) is 12.1. The Labute approximate surface area is 146 Å². The first kappa shape index (κ1) is 17.2. The number of aromatic nitrogens is 3. The van der Waals surface area contributed by atoms with Gasteiger partial charge in [-0.25, -0.2) is 9.78 Å². The van der Waals surface area contributed by atoms with Gasteiger partial charge in [-0.05, 0) is 19.4 Å². The molecular weight excluding hydrogens is 322 g/mol. The molecule has 0 aromatic carbocycles. The highest BCUT2D eigenvalue weighted by Gasteiger charge is 2.30. The molecule has 8 heteroatoms. The number of ether oxygens (including phenoxy) is 1. The molecule has 1 fully saturated rings. The van der Waals surface area contributed by atoms with Gasteiger partial charge >= 0.3 is 12.0 Å². The van der Waals surface area contributed by atoms with E-state index in [1.54, 1.807) is 11.1 Å². The van der Waals surface area contributed by atoms with Crippen LogP contribution in [0, 0.1) is 0 Å². The van der Waals surface area contributed by atoms with Crippen LogP contribution in [-0.4, -0.2) is 58.2 Å². The molecule has 8 nitrogen and oxygen atoms in total. The lowest BCUT2D eigenvalue weighted by molar-refractivity contribution is -0.140. The minimum atomic E-state index is -0.329. The maximum atomic E-state index is 12.2. The minimum absolute atomic E-state index is 0.146. The van der Waals surface area contributed by atoms with Crippen LogP contribution in [0.3, 0.4) is 0 Å². The van der Waals surface area contributed by atoms with Crippen LogP contribution in [-0.2, 0) is 16.1 Å². The predicted octanol–water partition coefficient (Wildman–Crippen LogP) is 1.51. The normalized spacial score (nSPS) is 17.0. The Kier molecular flexibility index (Phi) is 5.16.